The molecule has 3 rings (SSSR count). The van der Waals surface area contributed by atoms with Crippen LogP contribution < -0.4 is 10.6 Å². The van der Waals surface area contributed by atoms with Crippen molar-refractivity contribution in [2.24, 2.45) is 5.41 Å². The zero-order valence-electron chi connectivity index (χ0n) is 15.8. The third-order valence-electron chi connectivity index (χ3n) is 5.76. The van der Waals surface area contributed by atoms with Gasteiger partial charge in [-0.25, -0.2) is 4.79 Å². The van der Waals surface area contributed by atoms with Crippen molar-refractivity contribution < 1.29 is 9.59 Å². The summed E-state index contributed by atoms with van der Waals surface area (Å²) in [6.07, 6.45) is 7.52. The Balaban J connectivity index is 1.53. The average Bonchev–Trinajstić information content (AvgIpc) is 2.67. The Morgan fingerprint density at radius 1 is 1.12 bits per heavy atom. The van der Waals surface area contributed by atoms with Crippen molar-refractivity contribution >= 4 is 11.9 Å². The molecule has 1 saturated heterocycles. The zero-order chi connectivity index (χ0) is 18.4. The molecular weight excluding hydrogens is 326 g/mol. The number of piperidine rings is 1. The molecule has 2 aliphatic rings. The van der Waals surface area contributed by atoms with Crippen LogP contribution in [-0.4, -0.2) is 36.0 Å². The highest BCUT2D eigenvalue weighted by Crippen LogP contribution is 2.30. The topological polar surface area (TPSA) is 61.4 Å². The molecular formula is C21H31N3O2. The van der Waals surface area contributed by atoms with E-state index in [1.54, 1.807) is 0 Å². The second-order valence-corrected chi connectivity index (χ2v) is 8.04. The molecule has 0 unspecified atom stereocenters. The highest BCUT2D eigenvalue weighted by molar-refractivity contribution is 5.84. The number of likely N-dealkylation sites (tertiary alicyclic amines) is 1. The van der Waals surface area contributed by atoms with Crippen LogP contribution in [0.5, 0.6) is 0 Å². The number of benzene rings is 1. The number of nitrogens with zero attached hydrogens (tertiary/aromatic N) is 1. The van der Waals surface area contributed by atoms with Gasteiger partial charge in [0.2, 0.25) is 5.91 Å². The smallest absolute Gasteiger partial charge is 0.317 e. The van der Waals surface area contributed by atoms with E-state index in [9.17, 15) is 9.59 Å². The van der Waals surface area contributed by atoms with Gasteiger partial charge in [-0.3, -0.25) is 4.79 Å². The highest BCUT2D eigenvalue weighted by Gasteiger charge is 2.39. The average molecular weight is 357 g/mol. The molecule has 0 spiro atoms. The van der Waals surface area contributed by atoms with Crippen LogP contribution in [-0.2, 0) is 11.3 Å². The fraction of sp³-hybridized carbons (Fsp3) is 0.619. The molecule has 1 aromatic carbocycles. The normalized spacial score (nSPS) is 24.1. The van der Waals surface area contributed by atoms with Crippen LogP contribution in [0.4, 0.5) is 4.79 Å². The lowest BCUT2D eigenvalue weighted by Crippen LogP contribution is -2.55. The Hall–Kier alpha value is -2.04. The molecule has 5 nitrogen and oxygen atoms in total. The fourth-order valence-corrected chi connectivity index (χ4v) is 4.10. The summed E-state index contributed by atoms with van der Waals surface area (Å²) in [6.45, 7) is 3.74. The summed E-state index contributed by atoms with van der Waals surface area (Å²) >= 11 is 0. The van der Waals surface area contributed by atoms with Crippen LogP contribution in [0, 0.1) is 5.41 Å². The van der Waals surface area contributed by atoms with E-state index in [0.29, 0.717) is 19.1 Å². The van der Waals surface area contributed by atoms with Crippen molar-refractivity contribution in [2.45, 2.75) is 64.5 Å². The molecule has 1 saturated carbocycles. The van der Waals surface area contributed by atoms with E-state index >= 15 is 0 Å². The van der Waals surface area contributed by atoms with E-state index in [1.165, 1.54) is 19.3 Å². The number of carbonyl (C=O) groups excluding carboxylic acids is 2. The molecule has 1 aliphatic heterocycles. The predicted molar refractivity (Wildman–Crippen MR) is 103 cm³/mol. The van der Waals surface area contributed by atoms with Crippen molar-refractivity contribution in [2.75, 3.05) is 13.1 Å². The Kier molecular flexibility index (Phi) is 6.17. The van der Waals surface area contributed by atoms with Gasteiger partial charge in [-0.15, -0.1) is 0 Å². The molecule has 1 aliphatic carbocycles. The lowest BCUT2D eigenvalue weighted by molar-refractivity contribution is -0.132. The summed E-state index contributed by atoms with van der Waals surface area (Å²) in [5.41, 5.74) is 0.573. The fourth-order valence-electron chi connectivity index (χ4n) is 4.10. The Labute approximate surface area is 156 Å². The van der Waals surface area contributed by atoms with E-state index < -0.39 is 5.41 Å². The van der Waals surface area contributed by atoms with E-state index in [2.05, 4.69) is 10.6 Å². The first kappa shape index (κ1) is 18.7. The standard InChI is InChI=1S/C21H31N3O2/c1-21(19(25)22-15-17-9-4-2-5-10-17)13-8-14-24(16-21)20(26)23-18-11-6-3-7-12-18/h2,4-5,9-10,18H,3,6-8,11-16H2,1H3,(H,22,25)(H,23,26)/t21-/m1/s1. The van der Waals surface area contributed by atoms with Crippen molar-refractivity contribution in [3.8, 4) is 0 Å². The van der Waals surface area contributed by atoms with Gasteiger partial charge in [0, 0.05) is 25.7 Å². The summed E-state index contributed by atoms with van der Waals surface area (Å²) < 4.78 is 0. The maximum Gasteiger partial charge on any atom is 0.317 e. The highest BCUT2D eigenvalue weighted by atomic mass is 16.2. The van der Waals surface area contributed by atoms with Gasteiger partial charge in [-0.1, -0.05) is 49.6 Å². The summed E-state index contributed by atoms with van der Waals surface area (Å²) in [7, 11) is 0. The second kappa shape index (κ2) is 8.56. The maximum absolute atomic E-state index is 12.8. The van der Waals surface area contributed by atoms with Gasteiger partial charge in [0.15, 0.2) is 0 Å². The van der Waals surface area contributed by atoms with Crippen LogP contribution in [0.25, 0.3) is 0 Å². The monoisotopic (exact) mass is 357 g/mol. The minimum Gasteiger partial charge on any atom is -0.351 e. The van der Waals surface area contributed by atoms with Gasteiger partial charge in [0.25, 0.3) is 0 Å². The molecule has 1 aromatic rings. The number of amides is 3. The van der Waals surface area contributed by atoms with Crippen molar-refractivity contribution in [1.29, 1.82) is 0 Å². The Morgan fingerprint density at radius 3 is 2.58 bits per heavy atom. The molecule has 0 aromatic heterocycles. The third-order valence-corrected chi connectivity index (χ3v) is 5.76. The predicted octanol–water partition coefficient (Wildman–Crippen LogP) is 3.45. The van der Waals surface area contributed by atoms with Crippen LogP contribution in [0.2, 0.25) is 0 Å². The first-order valence-electron chi connectivity index (χ1n) is 9.94. The van der Waals surface area contributed by atoms with Gasteiger partial charge in [-0.05, 0) is 38.2 Å². The van der Waals surface area contributed by atoms with Crippen molar-refractivity contribution in [3.05, 3.63) is 35.9 Å². The van der Waals surface area contributed by atoms with Gasteiger partial charge < -0.3 is 15.5 Å². The molecule has 1 atom stereocenters. The SMILES string of the molecule is C[C@@]1(C(=O)NCc2ccccc2)CCCN(C(=O)NC2CCCCC2)C1. The number of nitrogens with one attached hydrogen (secondary N) is 2. The number of hydrogen-bond acceptors (Lipinski definition) is 2. The summed E-state index contributed by atoms with van der Waals surface area (Å²) in [4.78, 5) is 27.3. The van der Waals surface area contributed by atoms with E-state index in [0.717, 1.165) is 37.8 Å². The van der Waals surface area contributed by atoms with Crippen LogP contribution in [0.15, 0.2) is 30.3 Å². The number of hydrogen-bond donors (Lipinski definition) is 2. The van der Waals surface area contributed by atoms with E-state index in [4.69, 9.17) is 0 Å². The maximum atomic E-state index is 12.8. The molecule has 5 heteroatoms. The lowest BCUT2D eigenvalue weighted by atomic mass is 9.81. The van der Waals surface area contributed by atoms with Crippen LogP contribution in [0.3, 0.4) is 0 Å². The number of rotatable bonds is 4. The Morgan fingerprint density at radius 2 is 1.85 bits per heavy atom. The third kappa shape index (κ3) is 4.77. The van der Waals surface area contributed by atoms with Gasteiger partial charge in [0.1, 0.15) is 0 Å². The van der Waals surface area contributed by atoms with Crippen LogP contribution >= 0.6 is 0 Å². The van der Waals surface area contributed by atoms with Gasteiger partial charge >= 0.3 is 6.03 Å². The molecule has 142 valence electrons. The summed E-state index contributed by atoms with van der Waals surface area (Å²) in [6, 6.07) is 10.2. The van der Waals surface area contributed by atoms with Gasteiger partial charge in [-0.2, -0.15) is 0 Å². The lowest BCUT2D eigenvalue weighted by Gasteiger charge is -2.40. The first-order chi connectivity index (χ1) is 12.6. The van der Waals surface area contributed by atoms with Crippen LogP contribution in [0.1, 0.15) is 57.4 Å². The minimum atomic E-state index is -0.517. The van der Waals surface area contributed by atoms with Crippen molar-refractivity contribution in [3.63, 3.8) is 0 Å². The zero-order valence-corrected chi connectivity index (χ0v) is 15.8. The molecule has 0 radical (unpaired) electrons. The van der Waals surface area contributed by atoms with E-state index in [-0.39, 0.29) is 11.9 Å². The van der Waals surface area contributed by atoms with E-state index in [1.807, 2.05) is 42.2 Å². The second-order valence-electron chi connectivity index (χ2n) is 8.04. The first-order valence-corrected chi connectivity index (χ1v) is 9.94. The largest absolute Gasteiger partial charge is 0.351 e. The summed E-state index contributed by atoms with van der Waals surface area (Å²) in [5, 5.41) is 6.23. The Bertz CT molecular complexity index is 613. The number of urea groups is 1. The minimum absolute atomic E-state index is 0.00122. The van der Waals surface area contributed by atoms with Crippen molar-refractivity contribution in [1.82, 2.24) is 15.5 Å². The number of carbonyl (C=O) groups is 2. The molecule has 2 N–H and O–H groups in total. The molecule has 26 heavy (non-hydrogen) atoms. The quantitative estimate of drug-likeness (QED) is 0.867. The molecule has 3 amide bonds. The molecule has 2 fully saturated rings. The molecule has 0 bridgehead atoms. The summed E-state index contributed by atoms with van der Waals surface area (Å²) in [5.74, 6) is 0.0384. The molecule has 1 heterocycles. The van der Waals surface area contributed by atoms with Gasteiger partial charge in [0.05, 0.1) is 5.41 Å².